The van der Waals surface area contributed by atoms with E-state index in [2.05, 4.69) is 14.1 Å². The van der Waals surface area contributed by atoms with Crippen LogP contribution in [0.15, 0.2) is 30.3 Å². The third-order valence-corrected chi connectivity index (χ3v) is 5.30. The molecule has 1 unspecified atom stereocenters. The summed E-state index contributed by atoms with van der Waals surface area (Å²) < 4.78 is 11.2. The Bertz CT molecular complexity index is 786. The number of phenolic OH excluding ortho intramolecular Hbond substituents is 2. The van der Waals surface area contributed by atoms with Crippen LogP contribution < -0.4 is 9.47 Å². The second-order valence-corrected chi connectivity index (χ2v) is 7.17. The molecule has 0 amide bonds. The maximum Gasteiger partial charge on any atom is 0.167 e. The molecular weight excluding hydrogens is 318 g/mol. The summed E-state index contributed by atoms with van der Waals surface area (Å²) in [5.74, 6) is 1.33. The van der Waals surface area contributed by atoms with Gasteiger partial charge in [0.05, 0.1) is 40.4 Å². The molecule has 1 aliphatic rings. The van der Waals surface area contributed by atoms with Gasteiger partial charge in [0.1, 0.15) is 6.04 Å². The van der Waals surface area contributed by atoms with Gasteiger partial charge in [0.15, 0.2) is 23.0 Å². The average Bonchev–Trinajstić information content (AvgIpc) is 2.58. The van der Waals surface area contributed by atoms with Gasteiger partial charge in [-0.25, -0.2) is 0 Å². The normalized spacial score (nSPS) is 18.5. The van der Waals surface area contributed by atoms with Crippen molar-refractivity contribution < 1.29 is 24.2 Å². The van der Waals surface area contributed by atoms with Crippen molar-refractivity contribution in [2.24, 2.45) is 0 Å². The van der Waals surface area contributed by atoms with Gasteiger partial charge in [-0.1, -0.05) is 12.1 Å². The second-order valence-electron chi connectivity index (χ2n) is 7.17. The predicted molar refractivity (Wildman–Crippen MR) is 96.4 cm³/mol. The maximum absolute atomic E-state index is 10.7. The fourth-order valence-electron chi connectivity index (χ4n) is 3.73. The standard InChI is InChI=1S/C20H25NO4/c1-21(2)10-9-14-6-8-18(25-4)20(23)19(14)15(21)11-13-5-7-17(24-3)16(22)12-13/h5-8,12,15H,9-11H2,1-4H3,(H-,22,23)/p+1. The van der Waals surface area contributed by atoms with Gasteiger partial charge in [0.2, 0.25) is 0 Å². The smallest absolute Gasteiger partial charge is 0.167 e. The molecule has 0 spiro atoms. The molecule has 25 heavy (non-hydrogen) atoms. The molecule has 0 saturated carbocycles. The lowest BCUT2D eigenvalue weighted by Gasteiger charge is -2.43. The van der Waals surface area contributed by atoms with Crippen molar-refractivity contribution in [1.29, 1.82) is 0 Å². The number of aromatic hydroxyl groups is 2. The van der Waals surface area contributed by atoms with Crippen molar-refractivity contribution in [2.45, 2.75) is 18.9 Å². The quantitative estimate of drug-likeness (QED) is 0.837. The number of rotatable bonds is 4. The summed E-state index contributed by atoms with van der Waals surface area (Å²) in [5, 5.41) is 20.8. The van der Waals surface area contributed by atoms with Crippen LogP contribution >= 0.6 is 0 Å². The van der Waals surface area contributed by atoms with E-state index >= 15 is 0 Å². The Morgan fingerprint density at radius 1 is 1.04 bits per heavy atom. The van der Waals surface area contributed by atoms with Crippen molar-refractivity contribution in [3.8, 4) is 23.0 Å². The van der Waals surface area contributed by atoms with Gasteiger partial charge in [-0.2, -0.15) is 0 Å². The van der Waals surface area contributed by atoms with Gasteiger partial charge in [0, 0.05) is 12.8 Å². The topological polar surface area (TPSA) is 58.9 Å². The highest BCUT2D eigenvalue weighted by molar-refractivity contribution is 5.52. The SMILES string of the molecule is COc1ccc(CC2c3c(ccc(OC)c3O)CC[N+]2(C)C)cc1O. The molecule has 0 radical (unpaired) electrons. The highest BCUT2D eigenvalue weighted by Gasteiger charge is 2.38. The zero-order valence-electron chi connectivity index (χ0n) is 15.2. The van der Waals surface area contributed by atoms with Crippen molar-refractivity contribution in [3.05, 3.63) is 47.0 Å². The number of ether oxygens (including phenoxy) is 2. The lowest BCUT2D eigenvalue weighted by atomic mass is 9.86. The van der Waals surface area contributed by atoms with Gasteiger partial charge in [-0.3, -0.25) is 0 Å². The Morgan fingerprint density at radius 2 is 1.72 bits per heavy atom. The van der Waals surface area contributed by atoms with E-state index in [1.807, 2.05) is 18.2 Å². The number of likely N-dealkylation sites (N-methyl/N-ethyl adjacent to an activating group) is 1. The molecule has 2 aromatic rings. The van der Waals surface area contributed by atoms with Crippen LogP contribution in [0.2, 0.25) is 0 Å². The number of quaternary nitrogens is 1. The number of benzene rings is 2. The van der Waals surface area contributed by atoms with Gasteiger partial charge in [-0.05, 0) is 29.3 Å². The zero-order valence-corrected chi connectivity index (χ0v) is 15.2. The first kappa shape index (κ1) is 17.4. The molecule has 0 aromatic heterocycles. The zero-order chi connectivity index (χ0) is 18.2. The molecule has 2 aromatic carbocycles. The van der Waals surface area contributed by atoms with Gasteiger partial charge in [0.25, 0.3) is 0 Å². The minimum Gasteiger partial charge on any atom is -0.504 e. The van der Waals surface area contributed by atoms with Crippen LogP contribution in [0.25, 0.3) is 0 Å². The van der Waals surface area contributed by atoms with Crippen LogP contribution in [0.5, 0.6) is 23.0 Å². The number of hydrogen-bond donors (Lipinski definition) is 2. The van der Waals surface area contributed by atoms with E-state index in [4.69, 9.17) is 9.47 Å². The average molecular weight is 344 g/mol. The van der Waals surface area contributed by atoms with Gasteiger partial charge >= 0.3 is 0 Å². The molecule has 1 atom stereocenters. The van der Waals surface area contributed by atoms with Crippen molar-refractivity contribution >= 4 is 0 Å². The van der Waals surface area contributed by atoms with E-state index in [0.29, 0.717) is 17.9 Å². The largest absolute Gasteiger partial charge is 0.504 e. The number of hydrogen-bond acceptors (Lipinski definition) is 4. The molecule has 0 bridgehead atoms. The summed E-state index contributed by atoms with van der Waals surface area (Å²) in [4.78, 5) is 0. The summed E-state index contributed by atoms with van der Waals surface area (Å²) >= 11 is 0. The summed E-state index contributed by atoms with van der Waals surface area (Å²) in [7, 11) is 7.46. The molecule has 0 aliphatic carbocycles. The first-order valence-electron chi connectivity index (χ1n) is 8.44. The fourth-order valence-corrected chi connectivity index (χ4v) is 3.73. The Morgan fingerprint density at radius 3 is 2.36 bits per heavy atom. The van der Waals surface area contributed by atoms with Crippen LogP contribution in [0.4, 0.5) is 0 Å². The van der Waals surface area contributed by atoms with Crippen molar-refractivity contribution in [1.82, 2.24) is 0 Å². The lowest BCUT2D eigenvalue weighted by molar-refractivity contribution is -0.923. The van der Waals surface area contributed by atoms with Crippen LogP contribution in [-0.2, 0) is 12.8 Å². The number of fused-ring (bicyclic) bond motifs is 1. The predicted octanol–water partition coefficient (Wildman–Crippen LogP) is 3.03. The van der Waals surface area contributed by atoms with Crippen LogP contribution in [0.3, 0.4) is 0 Å². The fraction of sp³-hybridized carbons (Fsp3) is 0.400. The minimum atomic E-state index is 0.0756. The van der Waals surface area contributed by atoms with E-state index < -0.39 is 0 Å². The Kier molecular flexibility index (Phi) is 4.52. The second kappa shape index (κ2) is 6.48. The van der Waals surface area contributed by atoms with Crippen LogP contribution in [0, 0.1) is 0 Å². The van der Waals surface area contributed by atoms with Gasteiger partial charge in [-0.15, -0.1) is 0 Å². The number of methoxy groups -OCH3 is 2. The summed E-state index contributed by atoms with van der Waals surface area (Å²) in [5.41, 5.74) is 3.12. The van der Waals surface area contributed by atoms with E-state index in [0.717, 1.165) is 28.6 Å². The van der Waals surface area contributed by atoms with Crippen molar-refractivity contribution in [2.75, 3.05) is 34.9 Å². The van der Waals surface area contributed by atoms with Crippen LogP contribution in [-0.4, -0.2) is 49.6 Å². The van der Waals surface area contributed by atoms with E-state index in [1.54, 1.807) is 19.2 Å². The minimum absolute atomic E-state index is 0.0756. The first-order valence-corrected chi connectivity index (χ1v) is 8.44. The van der Waals surface area contributed by atoms with E-state index in [1.165, 1.54) is 12.7 Å². The Labute approximate surface area is 148 Å². The Balaban J connectivity index is 2.04. The number of nitrogens with zero attached hydrogens (tertiary/aromatic N) is 1. The molecule has 3 rings (SSSR count). The first-order chi connectivity index (χ1) is 11.9. The lowest BCUT2D eigenvalue weighted by Crippen LogP contribution is -2.48. The number of phenols is 2. The van der Waals surface area contributed by atoms with E-state index in [-0.39, 0.29) is 17.5 Å². The Hall–Kier alpha value is -2.40. The van der Waals surface area contributed by atoms with Crippen molar-refractivity contribution in [3.63, 3.8) is 0 Å². The molecule has 134 valence electrons. The molecule has 0 saturated heterocycles. The molecule has 2 N–H and O–H groups in total. The molecular formula is C20H26NO4+. The molecule has 1 aliphatic heterocycles. The highest BCUT2D eigenvalue weighted by Crippen LogP contribution is 2.45. The monoisotopic (exact) mass is 344 g/mol. The third kappa shape index (κ3) is 3.12. The molecule has 5 nitrogen and oxygen atoms in total. The van der Waals surface area contributed by atoms with E-state index in [9.17, 15) is 10.2 Å². The molecule has 0 fully saturated rings. The third-order valence-electron chi connectivity index (χ3n) is 5.30. The van der Waals surface area contributed by atoms with Crippen LogP contribution in [0.1, 0.15) is 22.7 Å². The summed E-state index contributed by atoms with van der Waals surface area (Å²) in [6.07, 6.45) is 1.63. The maximum atomic E-state index is 10.7. The van der Waals surface area contributed by atoms with Gasteiger partial charge < -0.3 is 24.2 Å². The molecule has 5 heteroatoms. The summed E-state index contributed by atoms with van der Waals surface area (Å²) in [6, 6.07) is 9.43. The summed E-state index contributed by atoms with van der Waals surface area (Å²) in [6.45, 7) is 0.992. The molecule has 1 heterocycles. The highest BCUT2D eigenvalue weighted by atomic mass is 16.5.